The Hall–Kier alpha value is -1.25. The highest BCUT2D eigenvalue weighted by molar-refractivity contribution is 5.70. The van der Waals surface area contributed by atoms with Gasteiger partial charge in [-0.3, -0.25) is 4.79 Å². The Morgan fingerprint density at radius 3 is 2.64 bits per heavy atom. The minimum absolute atomic E-state index is 0.118. The van der Waals surface area contributed by atoms with Crippen molar-refractivity contribution in [2.75, 3.05) is 0 Å². The molecule has 0 fully saturated rings. The van der Waals surface area contributed by atoms with Gasteiger partial charge in [0.05, 0.1) is 6.42 Å². The lowest BCUT2D eigenvalue weighted by molar-refractivity contribution is -0.136. The van der Waals surface area contributed by atoms with Crippen LogP contribution in [0.15, 0.2) is 12.4 Å². The molecule has 0 aliphatic rings. The summed E-state index contributed by atoms with van der Waals surface area (Å²) in [7, 11) is 1.89. The molecule has 60 valence electrons. The highest BCUT2D eigenvalue weighted by Crippen LogP contribution is 2.08. The standard InChI is InChI=1S/C8H11NO2/c1-6-4-9(2)5-7(6)3-8(10)11/h4-5H,3H2,1-2H3,(H,10,11). The Bertz CT molecular complexity index is 276. The molecule has 0 unspecified atom stereocenters. The van der Waals surface area contributed by atoms with Gasteiger partial charge in [0.25, 0.3) is 0 Å². The van der Waals surface area contributed by atoms with Crippen LogP contribution in [-0.4, -0.2) is 15.6 Å². The lowest BCUT2D eigenvalue weighted by Gasteiger charge is -1.91. The van der Waals surface area contributed by atoms with E-state index in [4.69, 9.17) is 5.11 Å². The van der Waals surface area contributed by atoms with Crippen molar-refractivity contribution in [1.29, 1.82) is 0 Å². The van der Waals surface area contributed by atoms with E-state index in [-0.39, 0.29) is 6.42 Å². The van der Waals surface area contributed by atoms with Gasteiger partial charge in [-0.2, -0.15) is 0 Å². The minimum Gasteiger partial charge on any atom is -0.481 e. The molecule has 0 spiro atoms. The molecule has 0 aliphatic heterocycles. The zero-order valence-electron chi connectivity index (χ0n) is 6.66. The van der Waals surface area contributed by atoms with E-state index < -0.39 is 5.97 Å². The molecule has 0 aromatic carbocycles. The molecule has 1 aromatic rings. The summed E-state index contributed by atoms with van der Waals surface area (Å²) in [5, 5.41) is 8.49. The van der Waals surface area contributed by atoms with Crippen LogP contribution in [0, 0.1) is 6.92 Å². The number of aromatic nitrogens is 1. The second-order valence-electron chi connectivity index (χ2n) is 2.70. The van der Waals surface area contributed by atoms with Gasteiger partial charge >= 0.3 is 5.97 Å². The van der Waals surface area contributed by atoms with E-state index in [9.17, 15) is 4.79 Å². The molecule has 1 heterocycles. The number of nitrogens with zero attached hydrogens (tertiary/aromatic N) is 1. The Labute approximate surface area is 65.3 Å². The number of aryl methyl sites for hydroxylation is 2. The van der Waals surface area contributed by atoms with E-state index in [1.54, 1.807) is 0 Å². The van der Waals surface area contributed by atoms with Gasteiger partial charge in [0.2, 0.25) is 0 Å². The number of hydrogen-bond acceptors (Lipinski definition) is 1. The van der Waals surface area contributed by atoms with Crippen LogP contribution in [0.2, 0.25) is 0 Å². The quantitative estimate of drug-likeness (QED) is 0.687. The smallest absolute Gasteiger partial charge is 0.307 e. The summed E-state index contributed by atoms with van der Waals surface area (Å²) in [4.78, 5) is 10.3. The number of rotatable bonds is 2. The average molecular weight is 153 g/mol. The van der Waals surface area contributed by atoms with Crippen LogP contribution >= 0.6 is 0 Å². The van der Waals surface area contributed by atoms with Crippen LogP contribution in [-0.2, 0) is 18.3 Å². The fourth-order valence-corrected chi connectivity index (χ4v) is 1.12. The molecule has 1 rings (SSSR count). The Kier molecular flexibility index (Phi) is 1.98. The minimum atomic E-state index is -0.778. The fourth-order valence-electron chi connectivity index (χ4n) is 1.12. The van der Waals surface area contributed by atoms with E-state index in [0.717, 1.165) is 11.1 Å². The summed E-state index contributed by atoms with van der Waals surface area (Å²) >= 11 is 0. The highest BCUT2D eigenvalue weighted by atomic mass is 16.4. The summed E-state index contributed by atoms with van der Waals surface area (Å²) in [5.74, 6) is -0.778. The van der Waals surface area contributed by atoms with Gasteiger partial charge < -0.3 is 9.67 Å². The zero-order chi connectivity index (χ0) is 8.43. The molecule has 1 N–H and O–H groups in total. The summed E-state index contributed by atoms with van der Waals surface area (Å²) in [6, 6.07) is 0. The highest BCUT2D eigenvalue weighted by Gasteiger charge is 2.04. The van der Waals surface area contributed by atoms with Crippen LogP contribution < -0.4 is 0 Å². The molecule has 0 saturated heterocycles. The first-order valence-corrected chi connectivity index (χ1v) is 3.43. The third-order valence-corrected chi connectivity index (χ3v) is 1.60. The van der Waals surface area contributed by atoms with Crippen LogP contribution in [0.1, 0.15) is 11.1 Å². The summed E-state index contributed by atoms with van der Waals surface area (Å²) in [5.41, 5.74) is 1.93. The maximum Gasteiger partial charge on any atom is 0.307 e. The monoisotopic (exact) mass is 153 g/mol. The number of hydrogen-bond donors (Lipinski definition) is 1. The van der Waals surface area contributed by atoms with Crippen molar-refractivity contribution < 1.29 is 9.90 Å². The fraction of sp³-hybridized carbons (Fsp3) is 0.375. The Morgan fingerprint density at radius 2 is 2.27 bits per heavy atom. The first-order chi connectivity index (χ1) is 5.09. The van der Waals surface area contributed by atoms with Gasteiger partial charge in [0.1, 0.15) is 0 Å². The van der Waals surface area contributed by atoms with Crippen molar-refractivity contribution in [3.8, 4) is 0 Å². The van der Waals surface area contributed by atoms with Crippen molar-refractivity contribution in [3.05, 3.63) is 23.5 Å². The van der Waals surface area contributed by atoms with Gasteiger partial charge in [-0.25, -0.2) is 0 Å². The normalized spacial score (nSPS) is 10.0. The predicted octanol–water partition coefficient (Wildman–Crippen LogP) is 0.961. The first kappa shape index (κ1) is 7.85. The number of carboxylic acid groups (broad SMARTS) is 1. The molecule has 1 aromatic heterocycles. The van der Waals surface area contributed by atoms with E-state index in [1.165, 1.54) is 0 Å². The summed E-state index contributed by atoms with van der Waals surface area (Å²) in [6.45, 7) is 1.91. The SMILES string of the molecule is Cc1cn(C)cc1CC(=O)O. The van der Waals surface area contributed by atoms with Crippen LogP contribution in [0.3, 0.4) is 0 Å². The van der Waals surface area contributed by atoms with E-state index in [1.807, 2.05) is 30.9 Å². The first-order valence-electron chi connectivity index (χ1n) is 3.43. The van der Waals surface area contributed by atoms with Gasteiger partial charge in [-0.15, -0.1) is 0 Å². The van der Waals surface area contributed by atoms with E-state index >= 15 is 0 Å². The number of carboxylic acids is 1. The molecule has 0 bridgehead atoms. The molecular weight excluding hydrogens is 142 g/mol. The maximum atomic E-state index is 10.3. The summed E-state index contributed by atoms with van der Waals surface area (Å²) < 4.78 is 1.87. The second-order valence-corrected chi connectivity index (χ2v) is 2.70. The van der Waals surface area contributed by atoms with Gasteiger partial charge in [0.15, 0.2) is 0 Å². The van der Waals surface area contributed by atoms with Gasteiger partial charge in [-0.1, -0.05) is 0 Å². The van der Waals surface area contributed by atoms with Crippen molar-refractivity contribution >= 4 is 5.97 Å². The molecule has 3 heteroatoms. The van der Waals surface area contributed by atoms with E-state index in [0.29, 0.717) is 0 Å². The lowest BCUT2D eigenvalue weighted by Crippen LogP contribution is -1.99. The maximum absolute atomic E-state index is 10.3. The molecule has 0 saturated carbocycles. The van der Waals surface area contributed by atoms with E-state index in [2.05, 4.69) is 0 Å². The topological polar surface area (TPSA) is 42.2 Å². The largest absolute Gasteiger partial charge is 0.481 e. The van der Waals surface area contributed by atoms with Crippen LogP contribution in [0.4, 0.5) is 0 Å². The van der Waals surface area contributed by atoms with Crippen molar-refractivity contribution in [3.63, 3.8) is 0 Å². The molecule has 0 radical (unpaired) electrons. The molecule has 3 nitrogen and oxygen atoms in total. The van der Waals surface area contributed by atoms with Gasteiger partial charge in [-0.05, 0) is 18.1 Å². The van der Waals surface area contributed by atoms with Crippen molar-refractivity contribution in [1.82, 2.24) is 4.57 Å². The molecule has 0 atom stereocenters. The Balaban J connectivity index is 2.85. The number of carbonyl (C=O) groups is 1. The third kappa shape index (κ3) is 1.83. The molecular formula is C8H11NO2. The van der Waals surface area contributed by atoms with Crippen LogP contribution in [0.5, 0.6) is 0 Å². The molecule has 0 aliphatic carbocycles. The third-order valence-electron chi connectivity index (χ3n) is 1.60. The van der Waals surface area contributed by atoms with Crippen molar-refractivity contribution in [2.45, 2.75) is 13.3 Å². The predicted molar refractivity (Wildman–Crippen MR) is 41.5 cm³/mol. The molecule has 11 heavy (non-hydrogen) atoms. The zero-order valence-corrected chi connectivity index (χ0v) is 6.66. The lowest BCUT2D eigenvalue weighted by atomic mass is 10.2. The summed E-state index contributed by atoms with van der Waals surface area (Å²) in [6.07, 6.45) is 3.87. The Morgan fingerprint density at radius 1 is 1.64 bits per heavy atom. The molecule has 0 amide bonds. The van der Waals surface area contributed by atoms with Crippen LogP contribution in [0.25, 0.3) is 0 Å². The second kappa shape index (κ2) is 2.78. The van der Waals surface area contributed by atoms with Gasteiger partial charge in [0, 0.05) is 19.4 Å². The van der Waals surface area contributed by atoms with Crippen molar-refractivity contribution in [2.24, 2.45) is 7.05 Å². The number of aliphatic carboxylic acids is 1. The average Bonchev–Trinajstić information content (AvgIpc) is 2.09.